The Bertz CT molecular complexity index is 229. The summed E-state index contributed by atoms with van der Waals surface area (Å²) in [6.07, 6.45) is 9.55. The van der Waals surface area contributed by atoms with Crippen molar-refractivity contribution in [3.8, 4) is 0 Å². The van der Waals surface area contributed by atoms with E-state index in [0.29, 0.717) is 5.92 Å². The largest absolute Gasteiger partial charge is 0.365 e. The maximum atomic E-state index is 6.20. The number of allylic oxidation sites excluding steroid dienone is 1. The second-order valence-electron chi connectivity index (χ2n) is 5.17. The fourth-order valence-electron chi connectivity index (χ4n) is 2.59. The highest BCUT2D eigenvalue weighted by molar-refractivity contribution is 5.12. The van der Waals surface area contributed by atoms with E-state index in [1.807, 2.05) is 0 Å². The van der Waals surface area contributed by atoms with Crippen molar-refractivity contribution in [1.29, 1.82) is 0 Å². The summed E-state index contributed by atoms with van der Waals surface area (Å²) in [5, 5.41) is 0. The van der Waals surface area contributed by atoms with Crippen molar-refractivity contribution in [3.05, 3.63) is 12.2 Å². The van der Waals surface area contributed by atoms with Crippen LogP contribution < -0.4 is 0 Å². The van der Waals surface area contributed by atoms with Gasteiger partial charge in [0.25, 0.3) is 0 Å². The molecule has 1 spiro atoms. The quantitative estimate of drug-likeness (QED) is 0.520. The zero-order chi connectivity index (χ0) is 9.53. The first kappa shape index (κ1) is 9.26. The van der Waals surface area contributed by atoms with Crippen LogP contribution in [0.1, 0.15) is 46.5 Å². The molecular formula is C12H20O. The van der Waals surface area contributed by atoms with Gasteiger partial charge in [0, 0.05) is 0 Å². The van der Waals surface area contributed by atoms with Gasteiger partial charge in [0.15, 0.2) is 0 Å². The molecule has 13 heavy (non-hydrogen) atoms. The van der Waals surface area contributed by atoms with Gasteiger partial charge < -0.3 is 4.74 Å². The Hall–Kier alpha value is -0.300. The molecule has 1 aliphatic heterocycles. The molecule has 0 aromatic rings. The van der Waals surface area contributed by atoms with E-state index >= 15 is 0 Å². The van der Waals surface area contributed by atoms with E-state index < -0.39 is 0 Å². The van der Waals surface area contributed by atoms with Gasteiger partial charge >= 0.3 is 0 Å². The van der Waals surface area contributed by atoms with Crippen molar-refractivity contribution in [1.82, 2.24) is 0 Å². The zero-order valence-electron chi connectivity index (χ0n) is 8.97. The Kier molecular flexibility index (Phi) is 2.03. The van der Waals surface area contributed by atoms with Crippen LogP contribution in [0.25, 0.3) is 0 Å². The first-order valence-corrected chi connectivity index (χ1v) is 5.42. The predicted octanol–water partition coefficient (Wildman–Crippen LogP) is 3.30. The molecule has 1 saturated heterocycles. The Labute approximate surface area is 81.2 Å². The highest BCUT2D eigenvalue weighted by atomic mass is 16.5. The third-order valence-corrected chi connectivity index (χ3v) is 3.70. The Balaban J connectivity index is 2.19. The minimum absolute atomic E-state index is 0.0711. The summed E-state index contributed by atoms with van der Waals surface area (Å²) in [6, 6.07) is 0. The van der Waals surface area contributed by atoms with Gasteiger partial charge in [-0.1, -0.05) is 19.1 Å². The summed E-state index contributed by atoms with van der Waals surface area (Å²) in [6.45, 7) is 6.74. The van der Waals surface area contributed by atoms with Crippen LogP contribution in [0.5, 0.6) is 0 Å². The maximum absolute atomic E-state index is 6.20. The molecule has 0 saturated carbocycles. The normalized spacial score (nSPS) is 42.8. The van der Waals surface area contributed by atoms with Gasteiger partial charge in [0.1, 0.15) is 0 Å². The van der Waals surface area contributed by atoms with Crippen LogP contribution in [-0.4, -0.2) is 11.2 Å². The molecule has 2 atom stereocenters. The van der Waals surface area contributed by atoms with Crippen molar-refractivity contribution in [2.24, 2.45) is 5.92 Å². The van der Waals surface area contributed by atoms with Gasteiger partial charge in [-0.25, -0.2) is 0 Å². The molecule has 0 aromatic heterocycles. The third-order valence-electron chi connectivity index (χ3n) is 3.70. The van der Waals surface area contributed by atoms with E-state index in [4.69, 9.17) is 4.74 Å². The Morgan fingerprint density at radius 1 is 1.38 bits per heavy atom. The molecule has 2 unspecified atom stereocenters. The summed E-state index contributed by atoms with van der Waals surface area (Å²) >= 11 is 0. The lowest BCUT2D eigenvalue weighted by Gasteiger charge is -2.31. The van der Waals surface area contributed by atoms with Gasteiger partial charge in [-0.05, 0) is 45.4 Å². The number of ether oxygens (including phenoxy) is 1. The molecule has 1 fully saturated rings. The maximum Gasteiger partial charge on any atom is 0.0873 e. The summed E-state index contributed by atoms with van der Waals surface area (Å²) < 4.78 is 6.20. The second-order valence-corrected chi connectivity index (χ2v) is 5.17. The lowest BCUT2D eigenvalue weighted by molar-refractivity contribution is -0.0731. The van der Waals surface area contributed by atoms with Crippen LogP contribution in [0.15, 0.2) is 12.2 Å². The molecule has 0 radical (unpaired) electrons. The highest BCUT2D eigenvalue weighted by Crippen LogP contribution is 2.46. The van der Waals surface area contributed by atoms with Crippen molar-refractivity contribution in [2.45, 2.75) is 57.7 Å². The standard InChI is InChI=1S/C12H20O/c1-10-9-12(13-11(10,2)3)7-5-4-6-8-12/h5,7,10H,4,6,8-9H2,1-3H3. The van der Waals surface area contributed by atoms with Gasteiger partial charge in [0.05, 0.1) is 11.2 Å². The molecule has 0 aromatic carbocycles. The molecular weight excluding hydrogens is 160 g/mol. The van der Waals surface area contributed by atoms with E-state index in [0.717, 1.165) is 0 Å². The lowest BCUT2D eigenvalue weighted by Crippen LogP contribution is -2.32. The first-order chi connectivity index (χ1) is 6.04. The molecule has 2 aliphatic rings. The molecule has 0 N–H and O–H groups in total. The Morgan fingerprint density at radius 3 is 2.62 bits per heavy atom. The number of hydrogen-bond donors (Lipinski definition) is 0. The molecule has 1 heteroatoms. The van der Waals surface area contributed by atoms with E-state index in [2.05, 4.69) is 32.9 Å². The molecule has 2 rings (SSSR count). The summed E-state index contributed by atoms with van der Waals surface area (Å²) in [5.74, 6) is 0.676. The molecule has 1 nitrogen and oxygen atoms in total. The zero-order valence-corrected chi connectivity index (χ0v) is 8.97. The highest BCUT2D eigenvalue weighted by Gasteiger charge is 2.47. The van der Waals surface area contributed by atoms with Crippen LogP contribution in [0.3, 0.4) is 0 Å². The van der Waals surface area contributed by atoms with Crippen molar-refractivity contribution < 1.29 is 4.74 Å². The monoisotopic (exact) mass is 180 g/mol. The van der Waals surface area contributed by atoms with Crippen LogP contribution in [0.2, 0.25) is 0 Å². The smallest absolute Gasteiger partial charge is 0.0873 e. The molecule has 1 heterocycles. The van der Waals surface area contributed by atoms with Gasteiger partial charge in [-0.3, -0.25) is 0 Å². The summed E-state index contributed by atoms with van der Waals surface area (Å²) in [7, 11) is 0. The fraction of sp³-hybridized carbons (Fsp3) is 0.833. The topological polar surface area (TPSA) is 9.23 Å². The number of rotatable bonds is 0. The minimum atomic E-state index is 0.0711. The average Bonchev–Trinajstić information content (AvgIpc) is 2.23. The molecule has 0 bridgehead atoms. The van der Waals surface area contributed by atoms with Crippen LogP contribution in [0.4, 0.5) is 0 Å². The van der Waals surface area contributed by atoms with Crippen LogP contribution in [0, 0.1) is 5.92 Å². The number of hydrogen-bond acceptors (Lipinski definition) is 1. The van der Waals surface area contributed by atoms with Gasteiger partial charge in [0.2, 0.25) is 0 Å². The van der Waals surface area contributed by atoms with E-state index in [9.17, 15) is 0 Å². The van der Waals surface area contributed by atoms with Gasteiger partial charge in [-0.2, -0.15) is 0 Å². The third kappa shape index (κ3) is 1.54. The van der Waals surface area contributed by atoms with Crippen molar-refractivity contribution >= 4 is 0 Å². The van der Waals surface area contributed by atoms with Crippen molar-refractivity contribution in [3.63, 3.8) is 0 Å². The van der Waals surface area contributed by atoms with Crippen molar-refractivity contribution in [2.75, 3.05) is 0 Å². The van der Waals surface area contributed by atoms with Crippen LogP contribution in [-0.2, 0) is 4.74 Å². The van der Waals surface area contributed by atoms with E-state index in [1.165, 1.54) is 25.7 Å². The lowest BCUT2D eigenvalue weighted by atomic mass is 9.83. The summed E-state index contributed by atoms with van der Waals surface area (Å²) in [4.78, 5) is 0. The predicted molar refractivity (Wildman–Crippen MR) is 54.7 cm³/mol. The second kappa shape index (κ2) is 2.84. The van der Waals surface area contributed by atoms with E-state index in [-0.39, 0.29) is 11.2 Å². The van der Waals surface area contributed by atoms with Gasteiger partial charge in [-0.15, -0.1) is 0 Å². The SMILES string of the molecule is CC1CC2(C=CCCC2)OC1(C)C. The molecule has 0 amide bonds. The minimum Gasteiger partial charge on any atom is -0.365 e. The Morgan fingerprint density at radius 2 is 2.15 bits per heavy atom. The molecule has 1 aliphatic carbocycles. The van der Waals surface area contributed by atoms with Crippen LogP contribution >= 0.6 is 0 Å². The average molecular weight is 180 g/mol. The summed E-state index contributed by atoms with van der Waals surface area (Å²) in [5.41, 5.74) is 0.169. The fourth-order valence-corrected chi connectivity index (χ4v) is 2.59. The molecule has 74 valence electrons. The first-order valence-electron chi connectivity index (χ1n) is 5.42. The van der Waals surface area contributed by atoms with E-state index in [1.54, 1.807) is 0 Å².